The molecule has 1 aliphatic carbocycles. The number of nitrogens with zero attached hydrogens (tertiary/aromatic N) is 2. The van der Waals surface area contributed by atoms with E-state index in [4.69, 9.17) is 11.6 Å². The summed E-state index contributed by atoms with van der Waals surface area (Å²) >= 11 is 6.48. The van der Waals surface area contributed by atoms with E-state index in [1.807, 2.05) is 11.7 Å². The van der Waals surface area contributed by atoms with Crippen molar-refractivity contribution >= 4 is 11.6 Å². The number of halogens is 1. The normalized spacial score (nSPS) is 17.2. The molecule has 1 aliphatic rings. The molecule has 0 radical (unpaired) electrons. The maximum atomic E-state index is 6.48. The minimum absolute atomic E-state index is 0.540. The molecule has 0 amide bonds. The fourth-order valence-electron chi connectivity index (χ4n) is 2.99. The topological polar surface area (TPSA) is 29.9 Å². The second kappa shape index (κ2) is 7.46. The van der Waals surface area contributed by atoms with Crippen LogP contribution < -0.4 is 5.32 Å². The van der Waals surface area contributed by atoms with Crippen molar-refractivity contribution in [2.45, 2.75) is 64.8 Å². The van der Waals surface area contributed by atoms with E-state index in [-0.39, 0.29) is 0 Å². The summed E-state index contributed by atoms with van der Waals surface area (Å²) in [5.41, 5.74) is 2.22. The van der Waals surface area contributed by atoms with E-state index >= 15 is 0 Å². The molecule has 2 rings (SSSR count). The molecule has 20 heavy (non-hydrogen) atoms. The van der Waals surface area contributed by atoms with E-state index in [2.05, 4.69) is 24.3 Å². The van der Waals surface area contributed by atoms with Gasteiger partial charge in [0.25, 0.3) is 0 Å². The van der Waals surface area contributed by atoms with Crippen molar-refractivity contribution < 1.29 is 0 Å². The highest BCUT2D eigenvalue weighted by Gasteiger charge is 2.24. The second-order valence-electron chi connectivity index (χ2n) is 6.07. The Kier molecular flexibility index (Phi) is 5.91. The van der Waals surface area contributed by atoms with E-state index in [1.54, 1.807) is 0 Å². The van der Waals surface area contributed by atoms with Crippen LogP contribution in [0.2, 0.25) is 5.02 Å². The smallest absolute Gasteiger partial charge is 0.0850 e. The van der Waals surface area contributed by atoms with Crippen LogP contribution in [0.4, 0.5) is 0 Å². The van der Waals surface area contributed by atoms with Gasteiger partial charge in [-0.05, 0) is 31.7 Å². The van der Waals surface area contributed by atoms with Gasteiger partial charge in [-0.3, -0.25) is 4.68 Å². The molecule has 1 saturated carbocycles. The van der Waals surface area contributed by atoms with Crippen molar-refractivity contribution in [3.63, 3.8) is 0 Å². The van der Waals surface area contributed by atoms with Crippen molar-refractivity contribution in [1.29, 1.82) is 0 Å². The van der Waals surface area contributed by atoms with Gasteiger partial charge in [0, 0.05) is 19.5 Å². The second-order valence-corrected chi connectivity index (χ2v) is 6.45. The molecule has 1 heterocycles. The first kappa shape index (κ1) is 15.8. The van der Waals surface area contributed by atoms with Crippen LogP contribution >= 0.6 is 11.6 Å². The van der Waals surface area contributed by atoms with Crippen molar-refractivity contribution in [1.82, 2.24) is 15.1 Å². The van der Waals surface area contributed by atoms with Gasteiger partial charge in [-0.25, -0.2) is 0 Å². The molecule has 1 aromatic heterocycles. The molecule has 1 aromatic rings. The van der Waals surface area contributed by atoms with Crippen LogP contribution in [0.15, 0.2) is 0 Å². The molecule has 1 fully saturated rings. The first-order valence-corrected chi connectivity index (χ1v) is 8.47. The van der Waals surface area contributed by atoms with Crippen LogP contribution in [-0.2, 0) is 19.9 Å². The quantitative estimate of drug-likeness (QED) is 0.792. The first-order valence-electron chi connectivity index (χ1n) is 8.09. The Balaban J connectivity index is 2.03. The van der Waals surface area contributed by atoms with Gasteiger partial charge in [-0.1, -0.05) is 44.7 Å². The molecular formula is C16H28ClN3. The lowest BCUT2D eigenvalue weighted by Gasteiger charge is -2.30. The van der Waals surface area contributed by atoms with Gasteiger partial charge in [0.1, 0.15) is 0 Å². The monoisotopic (exact) mass is 297 g/mol. The van der Waals surface area contributed by atoms with E-state index in [1.165, 1.54) is 37.8 Å². The number of aromatic nitrogens is 2. The molecule has 3 nitrogen and oxygen atoms in total. The third-order valence-corrected chi connectivity index (χ3v) is 4.90. The lowest BCUT2D eigenvalue weighted by atomic mass is 9.80. The largest absolute Gasteiger partial charge is 0.314 e. The summed E-state index contributed by atoms with van der Waals surface area (Å²) in [5, 5.41) is 9.11. The Labute approximate surface area is 128 Å². The van der Waals surface area contributed by atoms with Gasteiger partial charge in [0.2, 0.25) is 0 Å². The zero-order chi connectivity index (χ0) is 14.5. The van der Waals surface area contributed by atoms with Crippen LogP contribution in [0.5, 0.6) is 0 Å². The third kappa shape index (κ3) is 3.76. The van der Waals surface area contributed by atoms with Crippen LogP contribution in [0.1, 0.15) is 57.3 Å². The summed E-state index contributed by atoms with van der Waals surface area (Å²) < 4.78 is 1.97. The predicted octanol–water partition coefficient (Wildman–Crippen LogP) is 3.74. The predicted molar refractivity (Wildman–Crippen MR) is 85.3 cm³/mol. The van der Waals surface area contributed by atoms with Gasteiger partial charge in [-0.2, -0.15) is 5.10 Å². The molecule has 4 heteroatoms. The maximum Gasteiger partial charge on any atom is 0.0850 e. The van der Waals surface area contributed by atoms with Gasteiger partial charge >= 0.3 is 0 Å². The highest BCUT2D eigenvalue weighted by Crippen LogP contribution is 2.32. The summed E-state index contributed by atoms with van der Waals surface area (Å²) in [5.74, 6) is 0.919. The van der Waals surface area contributed by atoms with Gasteiger partial charge in [0.15, 0.2) is 0 Å². The lowest BCUT2D eigenvalue weighted by Crippen LogP contribution is -2.35. The number of nitrogens with one attached hydrogen (secondary N) is 1. The fourth-order valence-corrected chi connectivity index (χ4v) is 3.36. The van der Waals surface area contributed by atoms with E-state index in [9.17, 15) is 0 Å². The van der Waals surface area contributed by atoms with Crippen LogP contribution in [0.3, 0.4) is 0 Å². The van der Waals surface area contributed by atoms with Crippen LogP contribution in [-0.4, -0.2) is 22.4 Å². The summed E-state index contributed by atoms with van der Waals surface area (Å²) in [7, 11) is 2.01. The molecule has 1 atom stereocenters. The average molecular weight is 298 g/mol. The van der Waals surface area contributed by atoms with Crippen molar-refractivity contribution in [2.75, 3.05) is 6.54 Å². The summed E-state index contributed by atoms with van der Waals surface area (Å²) in [6, 6.07) is 0.540. The van der Waals surface area contributed by atoms with E-state index < -0.39 is 0 Å². The molecule has 0 aromatic carbocycles. The fraction of sp³-hybridized carbons (Fsp3) is 0.812. The highest BCUT2D eigenvalue weighted by molar-refractivity contribution is 6.31. The van der Waals surface area contributed by atoms with Crippen molar-refractivity contribution in [2.24, 2.45) is 13.0 Å². The van der Waals surface area contributed by atoms with Crippen molar-refractivity contribution in [3.8, 4) is 0 Å². The number of aryl methyl sites for hydroxylation is 2. The molecule has 0 saturated heterocycles. The lowest BCUT2D eigenvalue weighted by molar-refractivity contribution is 0.257. The molecule has 0 aliphatic heterocycles. The van der Waals surface area contributed by atoms with Crippen LogP contribution in [0, 0.1) is 5.92 Å². The van der Waals surface area contributed by atoms with Crippen molar-refractivity contribution in [3.05, 3.63) is 16.4 Å². The average Bonchev–Trinajstić information content (AvgIpc) is 2.66. The minimum atomic E-state index is 0.540. The SMILES string of the molecule is CCCNC(Cc1c(Cl)c(CC)nn1C)CC1CCC1. The van der Waals surface area contributed by atoms with E-state index in [0.717, 1.165) is 36.0 Å². The Hall–Kier alpha value is -0.540. The Bertz CT molecular complexity index is 424. The molecule has 114 valence electrons. The zero-order valence-corrected chi connectivity index (χ0v) is 13.8. The molecular weight excluding hydrogens is 270 g/mol. The Morgan fingerprint density at radius 2 is 2.15 bits per heavy atom. The molecule has 1 unspecified atom stereocenters. The van der Waals surface area contributed by atoms with E-state index in [0.29, 0.717) is 6.04 Å². The summed E-state index contributed by atoms with van der Waals surface area (Å²) in [6.07, 6.45) is 8.59. The molecule has 1 N–H and O–H groups in total. The van der Waals surface area contributed by atoms with Gasteiger partial charge in [0.05, 0.1) is 16.4 Å². The minimum Gasteiger partial charge on any atom is -0.314 e. The van der Waals surface area contributed by atoms with Gasteiger partial charge < -0.3 is 5.32 Å². The number of hydrogen-bond donors (Lipinski definition) is 1. The standard InChI is InChI=1S/C16H28ClN3/c1-4-9-18-13(10-12-7-6-8-12)11-15-16(17)14(5-2)19-20(15)3/h12-13,18H,4-11H2,1-3H3. The first-order chi connectivity index (χ1) is 9.65. The number of rotatable bonds is 8. The van der Waals surface area contributed by atoms with Crippen LogP contribution in [0.25, 0.3) is 0 Å². The Morgan fingerprint density at radius 1 is 1.40 bits per heavy atom. The highest BCUT2D eigenvalue weighted by atomic mass is 35.5. The molecule has 0 spiro atoms. The zero-order valence-electron chi connectivity index (χ0n) is 13.1. The summed E-state index contributed by atoms with van der Waals surface area (Å²) in [6.45, 7) is 5.42. The summed E-state index contributed by atoms with van der Waals surface area (Å²) in [4.78, 5) is 0. The molecule has 0 bridgehead atoms. The van der Waals surface area contributed by atoms with Gasteiger partial charge in [-0.15, -0.1) is 0 Å². The maximum absolute atomic E-state index is 6.48. The number of hydrogen-bond acceptors (Lipinski definition) is 2. The Morgan fingerprint density at radius 3 is 2.65 bits per heavy atom. The third-order valence-electron chi connectivity index (χ3n) is 4.47.